The Morgan fingerprint density at radius 1 is 1.42 bits per heavy atom. The second-order valence-corrected chi connectivity index (χ2v) is 5.40. The molecule has 1 unspecified atom stereocenters. The molecule has 0 saturated carbocycles. The number of aliphatic hydroxyl groups is 1. The predicted molar refractivity (Wildman–Crippen MR) is 75.4 cm³/mol. The van der Waals surface area contributed by atoms with Crippen LogP contribution in [0.1, 0.15) is 30.0 Å². The van der Waals surface area contributed by atoms with E-state index in [2.05, 4.69) is 21.0 Å². The summed E-state index contributed by atoms with van der Waals surface area (Å²) in [5.74, 6) is -0.312. The van der Waals surface area contributed by atoms with Gasteiger partial charge in [0, 0.05) is 17.4 Å². The molecule has 1 heterocycles. The quantitative estimate of drug-likeness (QED) is 0.935. The van der Waals surface area contributed by atoms with Gasteiger partial charge in [0.2, 0.25) is 0 Å². The summed E-state index contributed by atoms with van der Waals surface area (Å²) < 4.78 is 16.2. The molecule has 2 rings (SSSR count). The number of nitrogens with zero attached hydrogens (tertiary/aromatic N) is 2. The molecule has 3 nitrogen and oxygen atoms in total. The van der Waals surface area contributed by atoms with Gasteiger partial charge in [-0.3, -0.25) is 4.68 Å². The number of halogens is 2. The molecule has 0 amide bonds. The minimum Gasteiger partial charge on any atom is -0.386 e. The molecule has 102 valence electrons. The van der Waals surface area contributed by atoms with Crippen LogP contribution in [0.25, 0.3) is 0 Å². The van der Waals surface area contributed by atoms with Crippen LogP contribution in [0.15, 0.2) is 28.7 Å². The summed E-state index contributed by atoms with van der Waals surface area (Å²) in [5.41, 5.74) is 2.08. The third-order valence-corrected chi connectivity index (χ3v) is 3.50. The summed E-state index contributed by atoms with van der Waals surface area (Å²) in [7, 11) is 0. The molecule has 0 aliphatic heterocycles. The highest BCUT2D eigenvalue weighted by Gasteiger charge is 2.16. The van der Waals surface area contributed by atoms with Crippen LogP contribution in [0.2, 0.25) is 0 Å². The normalized spacial score (nSPS) is 12.7. The second-order valence-electron chi connectivity index (χ2n) is 4.48. The van der Waals surface area contributed by atoms with Crippen molar-refractivity contribution in [3.63, 3.8) is 0 Å². The van der Waals surface area contributed by atoms with E-state index in [0.717, 1.165) is 11.4 Å². The third kappa shape index (κ3) is 3.22. The van der Waals surface area contributed by atoms with E-state index in [1.807, 2.05) is 19.9 Å². The van der Waals surface area contributed by atoms with Crippen LogP contribution in [-0.4, -0.2) is 14.9 Å². The van der Waals surface area contributed by atoms with Gasteiger partial charge in [-0.25, -0.2) is 4.39 Å². The van der Waals surface area contributed by atoms with Crippen molar-refractivity contribution < 1.29 is 9.50 Å². The fourth-order valence-corrected chi connectivity index (χ4v) is 2.42. The summed E-state index contributed by atoms with van der Waals surface area (Å²) in [6, 6.07) is 6.70. The van der Waals surface area contributed by atoms with E-state index in [1.54, 1.807) is 16.8 Å². The molecule has 1 atom stereocenters. The van der Waals surface area contributed by atoms with Crippen molar-refractivity contribution in [1.82, 2.24) is 9.78 Å². The number of hydrogen-bond donors (Lipinski definition) is 1. The fourth-order valence-electron chi connectivity index (χ4n) is 2.09. The Hall–Kier alpha value is -1.20. The number of aliphatic hydroxyl groups excluding tert-OH is 1. The Morgan fingerprint density at radius 3 is 2.79 bits per heavy atom. The summed E-state index contributed by atoms with van der Waals surface area (Å²) in [6.07, 6.45) is -0.513. The lowest BCUT2D eigenvalue weighted by Gasteiger charge is -2.13. The van der Waals surface area contributed by atoms with E-state index in [9.17, 15) is 9.50 Å². The molecule has 0 fully saturated rings. The molecule has 2 aromatic rings. The van der Waals surface area contributed by atoms with Crippen LogP contribution >= 0.6 is 15.9 Å². The SMILES string of the molecule is CCn1nc(C)cc1C(O)Cc1ccc(Br)cc1F. The molecule has 0 spiro atoms. The van der Waals surface area contributed by atoms with E-state index < -0.39 is 6.10 Å². The molecule has 0 aliphatic carbocycles. The minimum atomic E-state index is -0.753. The first kappa shape index (κ1) is 14.2. The molecule has 1 aromatic carbocycles. The Labute approximate surface area is 120 Å². The first-order valence-corrected chi connectivity index (χ1v) is 6.97. The van der Waals surface area contributed by atoms with E-state index in [-0.39, 0.29) is 12.2 Å². The number of aryl methyl sites for hydroxylation is 2. The lowest BCUT2D eigenvalue weighted by Crippen LogP contribution is -2.10. The maximum Gasteiger partial charge on any atom is 0.127 e. The van der Waals surface area contributed by atoms with Gasteiger partial charge in [0.25, 0.3) is 0 Å². The molecule has 1 aromatic heterocycles. The summed E-state index contributed by atoms with van der Waals surface area (Å²) in [4.78, 5) is 0. The molecular weight excluding hydrogens is 311 g/mol. The second kappa shape index (κ2) is 5.84. The lowest BCUT2D eigenvalue weighted by molar-refractivity contribution is 0.166. The monoisotopic (exact) mass is 326 g/mol. The van der Waals surface area contributed by atoms with E-state index >= 15 is 0 Å². The molecule has 0 radical (unpaired) electrons. The first-order valence-electron chi connectivity index (χ1n) is 6.17. The zero-order valence-corrected chi connectivity index (χ0v) is 12.5. The van der Waals surface area contributed by atoms with Gasteiger partial charge in [-0.2, -0.15) is 5.10 Å². The number of aromatic nitrogens is 2. The van der Waals surface area contributed by atoms with E-state index in [1.165, 1.54) is 6.07 Å². The van der Waals surface area contributed by atoms with E-state index in [4.69, 9.17) is 0 Å². The largest absolute Gasteiger partial charge is 0.386 e. The zero-order chi connectivity index (χ0) is 14.0. The minimum absolute atomic E-state index is 0.240. The van der Waals surface area contributed by atoms with Crippen LogP contribution < -0.4 is 0 Å². The first-order chi connectivity index (χ1) is 9.01. The summed E-state index contributed by atoms with van der Waals surface area (Å²) in [5, 5.41) is 14.5. The van der Waals surface area contributed by atoms with Crippen molar-refractivity contribution in [2.24, 2.45) is 0 Å². The Bertz CT molecular complexity index is 583. The zero-order valence-electron chi connectivity index (χ0n) is 10.9. The van der Waals surface area contributed by atoms with Crippen molar-refractivity contribution >= 4 is 15.9 Å². The van der Waals surface area contributed by atoms with Gasteiger partial charge in [-0.1, -0.05) is 22.0 Å². The van der Waals surface area contributed by atoms with Crippen LogP contribution in [0.4, 0.5) is 4.39 Å². The molecule has 5 heteroatoms. The molecule has 1 N–H and O–H groups in total. The van der Waals surface area contributed by atoms with Crippen molar-refractivity contribution in [2.45, 2.75) is 32.9 Å². The number of benzene rings is 1. The highest BCUT2D eigenvalue weighted by molar-refractivity contribution is 9.10. The average Bonchev–Trinajstić information content (AvgIpc) is 2.74. The van der Waals surface area contributed by atoms with Gasteiger partial charge in [0.15, 0.2) is 0 Å². The lowest BCUT2D eigenvalue weighted by atomic mass is 10.0. The molecular formula is C14H16BrFN2O. The smallest absolute Gasteiger partial charge is 0.127 e. The van der Waals surface area contributed by atoms with Crippen molar-refractivity contribution in [3.05, 3.63) is 51.5 Å². The van der Waals surface area contributed by atoms with Crippen LogP contribution in [0.3, 0.4) is 0 Å². The molecule has 0 aliphatic rings. The fraction of sp³-hybridized carbons (Fsp3) is 0.357. The van der Waals surface area contributed by atoms with Gasteiger partial charge >= 0.3 is 0 Å². The molecule has 19 heavy (non-hydrogen) atoms. The Morgan fingerprint density at radius 2 is 2.16 bits per heavy atom. The molecule has 0 saturated heterocycles. The standard InChI is InChI=1S/C14H16BrFN2O/c1-3-18-13(6-9(2)17-18)14(19)7-10-4-5-11(15)8-12(10)16/h4-6,8,14,19H,3,7H2,1-2H3. The van der Waals surface area contributed by atoms with Crippen LogP contribution in [-0.2, 0) is 13.0 Å². The maximum absolute atomic E-state index is 13.8. The topological polar surface area (TPSA) is 38.0 Å². The molecule has 0 bridgehead atoms. The third-order valence-electron chi connectivity index (χ3n) is 3.00. The summed E-state index contributed by atoms with van der Waals surface area (Å²) in [6.45, 7) is 4.52. The van der Waals surface area contributed by atoms with E-state index in [0.29, 0.717) is 16.6 Å². The van der Waals surface area contributed by atoms with Crippen molar-refractivity contribution in [3.8, 4) is 0 Å². The Balaban J connectivity index is 2.22. The van der Waals surface area contributed by atoms with Gasteiger partial charge in [0.1, 0.15) is 5.82 Å². The van der Waals surface area contributed by atoms with Crippen LogP contribution in [0, 0.1) is 12.7 Å². The van der Waals surface area contributed by atoms with Crippen molar-refractivity contribution in [1.29, 1.82) is 0 Å². The van der Waals surface area contributed by atoms with Crippen molar-refractivity contribution in [2.75, 3.05) is 0 Å². The van der Waals surface area contributed by atoms with Crippen LogP contribution in [0.5, 0.6) is 0 Å². The highest BCUT2D eigenvalue weighted by Crippen LogP contribution is 2.23. The van der Waals surface area contributed by atoms with Gasteiger partial charge in [0.05, 0.1) is 17.5 Å². The summed E-state index contributed by atoms with van der Waals surface area (Å²) >= 11 is 3.22. The van der Waals surface area contributed by atoms with Gasteiger partial charge in [-0.05, 0) is 37.6 Å². The van der Waals surface area contributed by atoms with Gasteiger partial charge in [-0.15, -0.1) is 0 Å². The highest BCUT2D eigenvalue weighted by atomic mass is 79.9. The number of hydrogen-bond acceptors (Lipinski definition) is 2. The van der Waals surface area contributed by atoms with Gasteiger partial charge < -0.3 is 5.11 Å². The Kier molecular flexibility index (Phi) is 4.37. The average molecular weight is 327 g/mol. The maximum atomic E-state index is 13.8. The number of rotatable bonds is 4. The predicted octanol–water partition coefficient (Wildman–Crippen LogP) is 3.39.